The maximum absolute atomic E-state index is 10.5. The number of allylic oxidation sites excluding steroid dienone is 1. The lowest BCUT2D eigenvalue weighted by Gasteiger charge is -2.32. The zero-order chi connectivity index (χ0) is 18.5. The molecule has 3 atom stereocenters. The molecule has 0 aliphatic carbocycles. The second kappa shape index (κ2) is 12.7. The lowest BCUT2D eigenvalue weighted by molar-refractivity contribution is -0.137. The maximum atomic E-state index is 10.5. The monoisotopic (exact) mass is 373 g/mol. The zero-order valence-electron chi connectivity index (χ0n) is 15.7. The van der Waals surface area contributed by atoms with Gasteiger partial charge in [0.05, 0.1) is 11.5 Å². The van der Waals surface area contributed by atoms with E-state index in [1.165, 1.54) is 12.8 Å². The third-order valence-electron chi connectivity index (χ3n) is 5.19. The van der Waals surface area contributed by atoms with Gasteiger partial charge in [0.1, 0.15) is 0 Å². The van der Waals surface area contributed by atoms with Crippen molar-refractivity contribution in [2.75, 3.05) is 6.54 Å². The van der Waals surface area contributed by atoms with Gasteiger partial charge in [-0.05, 0) is 57.9 Å². The van der Waals surface area contributed by atoms with Gasteiger partial charge < -0.3 is 15.5 Å². The van der Waals surface area contributed by atoms with Gasteiger partial charge in [0.25, 0.3) is 0 Å². The molecule has 1 rings (SSSR count). The smallest absolute Gasteiger partial charge is 0.303 e. The minimum Gasteiger partial charge on any atom is -0.481 e. The highest BCUT2D eigenvalue weighted by atomic mass is 35.5. The molecule has 0 amide bonds. The Morgan fingerprint density at radius 3 is 2.68 bits per heavy atom. The minimum atomic E-state index is -0.736. The van der Waals surface area contributed by atoms with Crippen molar-refractivity contribution < 1.29 is 15.0 Å². The molecule has 25 heavy (non-hydrogen) atoms. The summed E-state index contributed by atoms with van der Waals surface area (Å²) in [6.45, 7) is 3.12. The van der Waals surface area contributed by atoms with Gasteiger partial charge in [-0.25, -0.2) is 0 Å². The molecule has 1 fully saturated rings. The lowest BCUT2D eigenvalue weighted by Crippen LogP contribution is -2.45. The number of aliphatic hydroxyl groups excluding tert-OH is 1. The third-order valence-corrected chi connectivity index (χ3v) is 5.82. The molecule has 0 aromatic heterocycles. The Morgan fingerprint density at radius 1 is 1.28 bits per heavy atom. The Labute approximate surface area is 158 Å². The molecule has 0 radical (unpaired) electrons. The Kier molecular flexibility index (Phi) is 11.4. The van der Waals surface area contributed by atoms with E-state index in [2.05, 4.69) is 24.4 Å². The summed E-state index contributed by atoms with van der Waals surface area (Å²) in [6, 6.07) is 0. The number of aliphatic hydroxyl groups is 1. The second-order valence-electron chi connectivity index (χ2n) is 7.34. The number of halogens is 1. The maximum Gasteiger partial charge on any atom is 0.303 e. The predicted molar refractivity (Wildman–Crippen MR) is 104 cm³/mol. The van der Waals surface area contributed by atoms with Gasteiger partial charge in [0.15, 0.2) is 0 Å². The topological polar surface area (TPSA) is 69.6 Å². The van der Waals surface area contributed by atoms with Crippen LogP contribution in [-0.4, -0.2) is 39.7 Å². The number of nitrogens with one attached hydrogen (secondary N) is 1. The quantitative estimate of drug-likeness (QED) is 0.236. The summed E-state index contributed by atoms with van der Waals surface area (Å²) in [5.41, 5.74) is -0.0754. The molecule has 1 saturated heterocycles. The molecule has 5 heteroatoms. The standard InChI is InChI=1S/C20H36ClNO3/c1-2-3-6-10-17(23)11-9-15-20(18(21)13-16-22-20)14-8-5-4-7-12-19(24)25/h5,8,17-18,22-23H,2-4,6-7,9-16H2,1H3,(H,24,25)/b8-5-/t17?,18-,20+/m1/s1. The number of hydrogen-bond acceptors (Lipinski definition) is 3. The molecular weight excluding hydrogens is 338 g/mol. The molecule has 1 aliphatic rings. The van der Waals surface area contributed by atoms with Gasteiger partial charge in [-0.15, -0.1) is 11.6 Å². The van der Waals surface area contributed by atoms with E-state index in [0.29, 0.717) is 6.42 Å². The molecule has 0 aromatic carbocycles. The van der Waals surface area contributed by atoms with Crippen LogP contribution in [-0.2, 0) is 4.79 Å². The van der Waals surface area contributed by atoms with Crippen LogP contribution in [0.3, 0.4) is 0 Å². The summed E-state index contributed by atoms with van der Waals surface area (Å²) in [6.07, 6.45) is 14.8. The van der Waals surface area contributed by atoms with Gasteiger partial charge in [-0.1, -0.05) is 38.3 Å². The van der Waals surface area contributed by atoms with E-state index in [1.807, 2.05) is 0 Å². The summed E-state index contributed by atoms with van der Waals surface area (Å²) < 4.78 is 0. The van der Waals surface area contributed by atoms with Crippen LogP contribution in [0, 0.1) is 0 Å². The summed E-state index contributed by atoms with van der Waals surface area (Å²) in [5.74, 6) is -0.736. The number of aliphatic carboxylic acids is 1. The zero-order valence-corrected chi connectivity index (χ0v) is 16.4. The lowest BCUT2D eigenvalue weighted by atomic mass is 9.86. The molecule has 146 valence electrons. The molecule has 4 nitrogen and oxygen atoms in total. The fraction of sp³-hybridized carbons (Fsp3) is 0.850. The van der Waals surface area contributed by atoms with Crippen LogP contribution in [0.25, 0.3) is 0 Å². The first-order valence-electron chi connectivity index (χ1n) is 9.94. The first-order valence-corrected chi connectivity index (χ1v) is 10.4. The number of alkyl halides is 1. The average Bonchev–Trinajstić information content (AvgIpc) is 2.92. The van der Waals surface area contributed by atoms with Gasteiger partial charge in [-0.3, -0.25) is 4.79 Å². The predicted octanol–water partition coefficient (Wildman–Crippen LogP) is 4.64. The Balaban J connectivity index is 2.35. The van der Waals surface area contributed by atoms with Crippen LogP contribution < -0.4 is 5.32 Å². The number of carboxylic acids is 1. The Morgan fingerprint density at radius 2 is 2.04 bits per heavy atom. The highest BCUT2D eigenvalue weighted by Gasteiger charge is 2.39. The van der Waals surface area contributed by atoms with E-state index in [4.69, 9.17) is 16.7 Å². The molecule has 3 N–H and O–H groups in total. The molecule has 1 heterocycles. The number of hydrogen-bond donors (Lipinski definition) is 3. The SMILES string of the molecule is CCCCCC(O)CCC[C@]1(C/C=C\CCCC(=O)O)NCC[C@H]1Cl. The van der Waals surface area contributed by atoms with E-state index in [0.717, 1.165) is 57.9 Å². The van der Waals surface area contributed by atoms with Gasteiger partial charge in [0, 0.05) is 12.0 Å². The molecule has 1 unspecified atom stereocenters. The van der Waals surface area contributed by atoms with E-state index in [-0.39, 0.29) is 23.4 Å². The van der Waals surface area contributed by atoms with Crippen LogP contribution in [0.2, 0.25) is 0 Å². The van der Waals surface area contributed by atoms with Crippen LogP contribution in [0.4, 0.5) is 0 Å². The Hall–Kier alpha value is -0.580. The van der Waals surface area contributed by atoms with E-state index >= 15 is 0 Å². The van der Waals surface area contributed by atoms with Crippen molar-refractivity contribution in [1.82, 2.24) is 5.32 Å². The normalized spacial score (nSPS) is 24.8. The van der Waals surface area contributed by atoms with Crippen molar-refractivity contribution in [1.29, 1.82) is 0 Å². The van der Waals surface area contributed by atoms with Crippen LogP contribution in [0.5, 0.6) is 0 Å². The molecule has 1 aliphatic heterocycles. The van der Waals surface area contributed by atoms with Gasteiger partial charge >= 0.3 is 5.97 Å². The van der Waals surface area contributed by atoms with Crippen molar-refractivity contribution in [3.8, 4) is 0 Å². The van der Waals surface area contributed by atoms with Crippen molar-refractivity contribution in [3.05, 3.63) is 12.2 Å². The molecule has 0 spiro atoms. The number of unbranched alkanes of at least 4 members (excludes halogenated alkanes) is 3. The summed E-state index contributed by atoms with van der Waals surface area (Å²) >= 11 is 6.60. The summed E-state index contributed by atoms with van der Waals surface area (Å²) in [5, 5.41) is 22.5. The highest BCUT2D eigenvalue weighted by molar-refractivity contribution is 6.21. The third kappa shape index (κ3) is 9.07. The fourth-order valence-corrected chi connectivity index (χ4v) is 3.98. The molecule has 0 aromatic rings. The van der Waals surface area contributed by atoms with Crippen molar-refractivity contribution in [2.45, 2.75) is 101 Å². The van der Waals surface area contributed by atoms with Gasteiger partial charge in [-0.2, -0.15) is 0 Å². The summed E-state index contributed by atoms with van der Waals surface area (Å²) in [4.78, 5) is 10.5. The van der Waals surface area contributed by atoms with Crippen LogP contribution in [0.15, 0.2) is 12.2 Å². The van der Waals surface area contributed by atoms with Crippen molar-refractivity contribution in [3.63, 3.8) is 0 Å². The van der Waals surface area contributed by atoms with E-state index in [9.17, 15) is 9.90 Å². The average molecular weight is 374 g/mol. The highest BCUT2D eigenvalue weighted by Crippen LogP contribution is 2.34. The summed E-state index contributed by atoms with van der Waals surface area (Å²) in [7, 11) is 0. The largest absolute Gasteiger partial charge is 0.481 e. The van der Waals surface area contributed by atoms with Crippen LogP contribution >= 0.6 is 11.6 Å². The molecular formula is C20H36ClNO3. The first-order chi connectivity index (χ1) is 12.0. The second-order valence-corrected chi connectivity index (χ2v) is 7.87. The van der Waals surface area contributed by atoms with E-state index < -0.39 is 5.97 Å². The number of carbonyl (C=O) groups is 1. The van der Waals surface area contributed by atoms with Crippen molar-refractivity contribution >= 4 is 17.6 Å². The molecule has 0 saturated carbocycles. The molecule has 0 bridgehead atoms. The minimum absolute atomic E-state index is 0.0754. The fourth-order valence-electron chi connectivity index (χ4n) is 3.59. The van der Waals surface area contributed by atoms with Crippen molar-refractivity contribution in [2.24, 2.45) is 0 Å². The first kappa shape index (κ1) is 22.5. The van der Waals surface area contributed by atoms with Crippen LogP contribution in [0.1, 0.15) is 84.0 Å². The van der Waals surface area contributed by atoms with Gasteiger partial charge in [0.2, 0.25) is 0 Å². The Bertz CT molecular complexity index is 402. The number of carboxylic acid groups (broad SMARTS) is 1. The number of rotatable bonds is 14. The van der Waals surface area contributed by atoms with E-state index in [1.54, 1.807) is 0 Å².